The van der Waals surface area contributed by atoms with Gasteiger partial charge in [0.15, 0.2) is 0 Å². The lowest BCUT2D eigenvalue weighted by atomic mass is 9.91. The average molecular weight is 140 g/mol. The van der Waals surface area contributed by atoms with Gasteiger partial charge in [0, 0.05) is 12.8 Å². The van der Waals surface area contributed by atoms with Crippen LogP contribution in [0, 0.1) is 0 Å². The lowest BCUT2D eigenvalue weighted by Gasteiger charge is -2.35. The van der Waals surface area contributed by atoms with Crippen LogP contribution < -0.4 is 0 Å². The molecule has 2 nitrogen and oxygen atoms in total. The number of hydrogen-bond acceptors (Lipinski definition) is 2. The molecule has 0 N–H and O–H groups in total. The van der Waals surface area contributed by atoms with E-state index in [0.717, 1.165) is 18.6 Å². The SMILES string of the molecule is C=C1OC2(CCC2)OC1C. The first-order valence-corrected chi connectivity index (χ1v) is 3.77. The fraction of sp³-hybridized carbons (Fsp3) is 0.750. The van der Waals surface area contributed by atoms with Crippen LogP contribution in [0.15, 0.2) is 12.3 Å². The summed E-state index contributed by atoms with van der Waals surface area (Å²) in [6.45, 7) is 5.75. The van der Waals surface area contributed by atoms with Crippen molar-refractivity contribution in [2.75, 3.05) is 0 Å². The second-order valence-electron chi connectivity index (χ2n) is 3.09. The van der Waals surface area contributed by atoms with Gasteiger partial charge in [0.1, 0.15) is 11.9 Å². The highest BCUT2D eigenvalue weighted by Crippen LogP contribution is 2.44. The van der Waals surface area contributed by atoms with Gasteiger partial charge in [-0.15, -0.1) is 0 Å². The molecule has 0 aromatic rings. The van der Waals surface area contributed by atoms with Crippen molar-refractivity contribution in [2.45, 2.75) is 38.1 Å². The van der Waals surface area contributed by atoms with E-state index in [1.165, 1.54) is 6.42 Å². The summed E-state index contributed by atoms with van der Waals surface area (Å²) in [5, 5.41) is 0. The van der Waals surface area contributed by atoms with Crippen LogP contribution in [0.5, 0.6) is 0 Å². The summed E-state index contributed by atoms with van der Waals surface area (Å²) in [6.07, 6.45) is 3.40. The molecule has 2 fully saturated rings. The Labute approximate surface area is 60.8 Å². The van der Waals surface area contributed by atoms with Crippen molar-refractivity contribution in [3.63, 3.8) is 0 Å². The maximum absolute atomic E-state index is 5.58. The molecule has 0 bridgehead atoms. The van der Waals surface area contributed by atoms with Gasteiger partial charge < -0.3 is 9.47 Å². The molecule has 1 atom stereocenters. The number of hydrogen-bond donors (Lipinski definition) is 0. The second kappa shape index (κ2) is 1.76. The van der Waals surface area contributed by atoms with Crippen LogP contribution in [0.3, 0.4) is 0 Å². The van der Waals surface area contributed by atoms with Gasteiger partial charge in [0.05, 0.1) is 0 Å². The van der Waals surface area contributed by atoms with Gasteiger partial charge >= 0.3 is 0 Å². The van der Waals surface area contributed by atoms with Crippen molar-refractivity contribution in [2.24, 2.45) is 0 Å². The Morgan fingerprint density at radius 2 is 2.30 bits per heavy atom. The van der Waals surface area contributed by atoms with E-state index >= 15 is 0 Å². The normalized spacial score (nSPS) is 35.7. The molecule has 1 unspecified atom stereocenters. The zero-order valence-electron chi connectivity index (χ0n) is 6.22. The second-order valence-corrected chi connectivity index (χ2v) is 3.09. The van der Waals surface area contributed by atoms with Crippen LogP contribution in [0.25, 0.3) is 0 Å². The Kier molecular flexibility index (Phi) is 1.09. The van der Waals surface area contributed by atoms with E-state index in [-0.39, 0.29) is 11.9 Å². The lowest BCUT2D eigenvalue weighted by molar-refractivity contribution is -0.208. The third kappa shape index (κ3) is 0.686. The molecule has 1 heterocycles. The van der Waals surface area contributed by atoms with Crippen molar-refractivity contribution in [3.05, 3.63) is 12.3 Å². The van der Waals surface area contributed by atoms with E-state index in [1.54, 1.807) is 0 Å². The quantitative estimate of drug-likeness (QED) is 0.511. The molecule has 0 aromatic heterocycles. The predicted molar refractivity (Wildman–Crippen MR) is 37.4 cm³/mol. The first kappa shape index (κ1) is 6.23. The van der Waals surface area contributed by atoms with Crippen molar-refractivity contribution in [3.8, 4) is 0 Å². The minimum absolute atomic E-state index is 0.0975. The minimum atomic E-state index is -0.240. The zero-order chi connectivity index (χ0) is 7.19. The maximum atomic E-state index is 5.58. The maximum Gasteiger partial charge on any atom is 0.210 e. The van der Waals surface area contributed by atoms with Gasteiger partial charge in [0.25, 0.3) is 0 Å². The molecule has 2 heteroatoms. The minimum Gasteiger partial charge on any atom is -0.465 e. The molecule has 1 aliphatic carbocycles. The van der Waals surface area contributed by atoms with Gasteiger partial charge in [-0.1, -0.05) is 6.58 Å². The van der Waals surface area contributed by atoms with Crippen LogP contribution in [0.4, 0.5) is 0 Å². The Balaban J connectivity index is 2.10. The Morgan fingerprint density at radius 1 is 1.60 bits per heavy atom. The Morgan fingerprint density at radius 3 is 2.50 bits per heavy atom. The molecule has 0 amide bonds. The van der Waals surface area contributed by atoms with Gasteiger partial charge in [0.2, 0.25) is 5.79 Å². The van der Waals surface area contributed by atoms with Crippen molar-refractivity contribution in [1.29, 1.82) is 0 Å². The monoisotopic (exact) mass is 140 g/mol. The molecule has 2 aliphatic rings. The molecule has 10 heavy (non-hydrogen) atoms. The molecule has 0 aromatic carbocycles. The fourth-order valence-corrected chi connectivity index (χ4v) is 1.42. The average Bonchev–Trinajstić information content (AvgIpc) is 2.08. The molecule has 1 saturated heterocycles. The van der Waals surface area contributed by atoms with Crippen LogP contribution in [-0.2, 0) is 9.47 Å². The van der Waals surface area contributed by atoms with E-state index in [4.69, 9.17) is 9.47 Å². The van der Waals surface area contributed by atoms with Crippen LogP contribution in [0.1, 0.15) is 26.2 Å². The standard InChI is InChI=1S/C8H12O2/c1-6-7(2)10-8(9-6)4-3-5-8/h7H,1,3-5H2,2H3. The summed E-state index contributed by atoms with van der Waals surface area (Å²) < 4.78 is 11.1. The van der Waals surface area contributed by atoms with Crippen molar-refractivity contribution in [1.82, 2.24) is 0 Å². The summed E-state index contributed by atoms with van der Waals surface area (Å²) in [4.78, 5) is 0. The molecule has 1 saturated carbocycles. The third-order valence-corrected chi connectivity index (χ3v) is 2.28. The molecule has 2 rings (SSSR count). The predicted octanol–water partition coefficient (Wildman–Crippen LogP) is 1.82. The van der Waals surface area contributed by atoms with E-state index in [2.05, 4.69) is 6.58 Å². The molecule has 1 spiro atoms. The summed E-state index contributed by atoms with van der Waals surface area (Å²) in [6, 6.07) is 0. The lowest BCUT2D eigenvalue weighted by Crippen LogP contribution is -2.38. The first-order chi connectivity index (χ1) is 4.72. The smallest absolute Gasteiger partial charge is 0.210 e. The molecular weight excluding hydrogens is 128 g/mol. The topological polar surface area (TPSA) is 18.5 Å². The van der Waals surface area contributed by atoms with E-state index < -0.39 is 0 Å². The van der Waals surface area contributed by atoms with E-state index in [9.17, 15) is 0 Å². The highest BCUT2D eigenvalue weighted by Gasteiger charge is 2.47. The van der Waals surface area contributed by atoms with Crippen molar-refractivity contribution >= 4 is 0 Å². The number of rotatable bonds is 0. The largest absolute Gasteiger partial charge is 0.465 e. The van der Waals surface area contributed by atoms with Crippen LogP contribution in [0.2, 0.25) is 0 Å². The highest BCUT2D eigenvalue weighted by molar-refractivity contribution is 5.02. The first-order valence-electron chi connectivity index (χ1n) is 3.77. The van der Waals surface area contributed by atoms with E-state index in [1.807, 2.05) is 6.92 Å². The van der Waals surface area contributed by atoms with Gasteiger partial charge in [-0.25, -0.2) is 0 Å². The molecular formula is C8H12O2. The molecule has 1 aliphatic heterocycles. The van der Waals surface area contributed by atoms with Gasteiger partial charge in [-0.05, 0) is 13.3 Å². The van der Waals surface area contributed by atoms with Crippen LogP contribution >= 0.6 is 0 Å². The summed E-state index contributed by atoms with van der Waals surface area (Å²) in [5.74, 6) is 0.552. The molecule has 56 valence electrons. The Bertz CT molecular complexity index is 170. The Hall–Kier alpha value is -0.500. The summed E-state index contributed by atoms with van der Waals surface area (Å²) >= 11 is 0. The van der Waals surface area contributed by atoms with Crippen LogP contribution in [-0.4, -0.2) is 11.9 Å². The fourth-order valence-electron chi connectivity index (χ4n) is 1.42. The molecule has 0 radical (unpaired) electrons. The van der Waals surface area contributed by atoms with Gasteiger partial charge in [-0.3, -0.25) is 0 Å². The third-order valence-electron chi connectivity index (χ3n) is 2.28. The summed E-state index contributed by atoms with van der Waals surface area (Å²) in [7, 11) is 0. The van der Waals surface area contributed by atoms with E-state index in [0.29, 0.717) is 0 Å². The highest BCUT2D eigenvalue weighted by atomic mass is 16.7. The summed E-state index contributed by atoms with van der Waals surface area (Å²) in [5.41, 5.74) is 0. The van der Waals surface area contributed by atoms with Gasteiger partial charge in [-0.2, -0.15) is 0 Å². The van der Waals surface area contributed by atoms with Crippen molar-refractivity contribution < 1.29 is 9.47 Å². The zero-order valence-corrected chi connectivity index (χ0v) is 6.22. The number of ether oxygens (including phenoxy) is 2.